The number of phosphoric acid groups is 2. The molecule has 0 spiro atoms. The Balaban J connectivity index is 5.39. The van der Waals surface area contributed by atoms with Crippen LogP contribution >= 0.6 is 15.6 Å². The number of hydrogen-bond acceptors (Lipinski definition) is 15. The molecule has 0 aromatic rings. The Morgan fingerprint density at radius 1 is 0.255 bits per heavy atom. The van der Waals surface area contributed by atoms with E-state index in [-0.39, 0.29) is 25.7 Å². The monoisotopic (exact) mass is 1590 g/mol. The normalized spacial score (nSPS) is 14.4. The molecule has 110 heavy (non-hydrogen) atoms. The van der Waals surface area contributed by atoms with Crippen LogP contribution in [0.3, 0.4) is 0 Å². The number of phosphoric ester groups is 2. The number of rotatable bonds is 82. The molecule has 0 radical (unpaired) electrons. The van der Waals surface area contributed by atoms with E-state index < -0.39 is 97.5 Å². The first kappa shape index (κ1) is 105. The smallest absolute Gasteiger partial charge is 0.462 e. The summed E-state index contributed by atoms with van der Waals surface area (Å²) in [5, 5.41) is 10.7. The lowest BCUT2D eigenvalue weighted by molar-refractivity contribution is -0.161. The van der Waals surface area contributed by atoms with Gasteiger partial charge >= 0.3 is 39.5 Å². The average Bonchev–Trinajstić information content (AvgIpc) is 0.942. The fourth-order valence-electron chi connectivity index (χ4n) is 11.6. The van der Waals surface area contributed by atoms with Crippen LogP contribution in [-0.4, -0.2) is 96.7 Å². The molecular formula is C91H158O17P2. The van der Waals surface area contributed by atoms with E-state index in [9.17, 15) is 43.2 Å². The number of ether oxygens (including phenoxy) is 4. The van der Waals surface area contributed by atoms with Gasteiger partial charge in [0, 0.05) is 25.7 Å². The molecule has 0 aromatic heterocycles. The van der Waals surface area contributed by atoms with Crippen molar-refractivity contribution >= 4 is 39.5 Å². The first-order chi connectivity index (χ1) is 53.7. The molecule has 3 N–H and O–H groups in total. The highest BCUT2D eigenvalue weighted by Gasteiger charge is 2.30. The number of carbonyl (C=O) groups excluding carboxylic acids is 4. The maximum absolute atomic E-state index is 13.2. The first-order valence-corrected chi connectivity index (χ1v) is 46.8. The summed E-state index contributed by atoms with van der Waals surface area (Å²) in [6.07, 6.45) is 92.9. The predicted molar refractivity (Wildman–Crippen MR) is 455 cm³/mol. The summed E-state index contributed by atoms with van der Waals surface area (Å²) in [4.78, 5) is 73.3. The second-order valence-corrected chi connectivity index (χ2v) is 32.0. The third-order valence-electron chi connectivity index (χ3n) is 18.4. The van der Waals surface area contributed by atoms with Crippen molar-refractivity contribution in [3.63, 3.8) is 0 Å². The van der Waals surface area contributed by atoms with Crippen molar-refractivity contribution in [2.45, 2.75) is 393 Å². The Morgan fingerprint density at radius 2 is 0.445 bits per heavy atom. The van der Waals surface area contributed by atoms with Gasteiger partial charge in [0.1, 0.15) is 19.3 Å². The zero-order chi connectivity index (χ0) is 80.3. The zero-order valence-corrected chi connectivity index (χ0v) is 71.4. The third-order valence-corrected chi connectivity index (χ3v) is 20.3. The topological polar surface area (TPSA) is 237 Å². The van der Waals surface area contributed by atoms with Crippen LogP contribution in [0.15, 0.2) is 122 Å². The van der Waals surface area contributed by atoms with E-state index in [1.165, 1.54) is 83.5 Å². The number of unbranched alkanes of at least 4 members (excludes halogenated alkanes) is 36. The van der Waals surface area contributed by atoms with Gasteiger partial charge in [-0.2, -0.15) is 0 Å². The summed E-state index contributed by atoms with van der Waals surface area (Å²) in [5.41, 5.74) is 0. The van der Waals surface area contributed by atoms with E-state index in [1.807, 2.05) is 0 Å². The van der Waals surface area contributed by atoms with Crippen molar-refractivity contribution in [1.82, 2.24) is 0 Å². The van der Waals surface area contributed by atoms with Gasteiger partial charge in [0.15, 0.2) is 12.2 Å². The number of hydrogen-bond donors (Lipinski definition) is 3. The molecule has 5 unspecified atom stereocenters. The van der Waals surface area contributed by atoms with Crippen molar-refractivity contribution in [1.29, 1.82) is 0 Å². The van der Waals surface area contributed by atoms with E-state index in [2.05, 4.69) is 149 Å². The van der Waals surface area contributed by atoms with Gasteiger partial charge in [0.05, 0.1) is 26.4 Å². The Labute approximate surface area is 670 Å². The zero-order valence-electron chi connectivity index (χ0n) is 69.7. The van der Waals surface area contributed by atoms with E-state index in [0.29, 0.717) is 25.7 Å². The fraction of sp³-hybridized carbons (Fsp3) is 0.736. The fourth-order valence-corrected chi connectivity index (χ4v) is 13.2. The number of carbonyl (C=O) groups is 4. The molecule has 0 amide bonds. The van der Waals surface area contributed by atoms with Gasteiger partial charge in [-0.3, -0.25) is 37.3 Å². The van der Waals surface area contributed by atoms with Gasteiger partial charge in [-0.05, 0) is 167 Å². The molecule has 0 saturated carbocycles. The van der Waals surface area contributed by atoms with Crippen molar-refractivity contribution in [2.24, 2.45) is 0 Å². The molecule has 0 fully saturated rings. The summed E-state index contributed by atoms with van der Waals surface area (Å²) in [6.45, 7) is 4.78. The summed E-state index contributed by atoms with van der Waals surface area (Å²) < 4.78 is 68.8. The number of aliphatic hydroxyl groups is 1. The van der Waals surface area contributed by atoms with Crippen molar-refractivity contribution in [3.8, 4) is 0 Å². The maximum Gasteiger partial charge on any atom is 0.472 e. The Bertz CT molecular complexity index is 2550. The average molecular weight is 1590 g/mol. The van der Waals surface area contributed by atoms with Crippen molar-refractivity contribution < 1.29 is 80.2 Å². The molecule has 0 aliphatic rings. The minimum absolute atomic E-state index is 0.0756. The number of aliphatic hydroxyl groups excluding tert-OH is 1. The quantitative estimate of drug-likeness (QED) is 0.0169. The SMILES string of the molecule is CCCCC/C=C\C/C=C\C/C=C\CCCCCCCCC(=O)OCC(COP(=O)(O)OCC(O)COP(=O)(O)OCC(COC(=O)CCCCCCCC/C=C\C/C=C\C/C=C\CCCCC)OC(=O)CCCCCCCC/C=C\C/C=C\C/C=C\CCCCC)OC(=O)CCCCCCC/C=C\CCCCCC. The molecule has 17 nitrogen and oxygen atoms in total. The van der Waals surface area contributed by atoms with Crippen molar-refractivity contribution in [3.05, 3.63) is 122 Å². The van der Waals surface area contributed by atoms with E-state index >= 15 is 0 Å². The molecule has 0 heterocycles. The molecule has 634 valence electrons. The van der Waals surface area contributed by atoms with Crippen molar-refractivity contribution in [2.75, 3.05) is 39.6 Å². The highest BCUT2D eigenvalue weighted by atomic mass is 31.2. The second kappa shape index (κ2) is 82.4. The summed E-state index contributed by atoms with van der Waals surface area (Å²) in [6, 6.07) is 0. The molecule has 0 saturated heterocycles. The van der Waals surface area contributed by atoms with E-state index in [1.54, 1.807) is 0 Å². The molecule has 0 aliphatic heterocycles. The lowest BCUT2D eigenvalue weighted by Crippen LogP contribution is -2.30. The Hall–Kier alpha value is -4.54. The van der Waals surface area contributed by atoms with Crippen LogP contribution in [0.5, 0.6) is 0 Å². The molecule has 0 aliphatic carbocycles. The maximum atomic E-state index is 13.2. The number of esters is 4. The highest BCUT2D eigenvalue weighted by molar-refractivity contribution is 7.47. The second-order valence-electron chi connectivity index (χ2n) is 29.1. The van der Waals surface area contributed by atoms with E-state index in [4.69, 9.17) is 37.0 Å². The summed E-state index contributed by atoms with van der Waals surface area (Å²) in [5.74, 6) is -2.21. The molecule has 19 heteroatoms. The summed E-state index contributed by atoms with van der Waals surface area (Å²) >= 11 is 0. The first-order valence-electron chi connectivity index (χ1n) is 43.8. The minimum atomic E-state index is -4.99. The van der Waals surface area contributed by atoms with Crippen LogP contribution in [-0.2, 0) is 65.4 Å². The summed E-state index contributed by atoms with van der Waals surface area (Å²) in [7, 11) is -9.98. The van der Waals surface area contributed by atoms with Gasteiger partial charge in [-0.1, -0.05) is 303 Å². The van der Waals surface area contributed by atoms with Crippen LogP contribution in [0.1, 0.15) is 374 Å². The molecule has 0 bridgehead atoms. The largest absolute Gasteiger partial charge is 0.472 e. The molecular weight excluding hydrogens is 1430 g/mol. The van der Waals surface area contributed by atoms with Crippen LogP contribution in [0.2, 0.25) is 0 Å². The Morgan fingerprint density at radius 3 is 0.709 bits per heavy atom. The van der Waals surface area contributed by atoms with Crippen LogP contribution in [0.25, 0.3) is 0 Å². The molecule has 0 rings (SSSR count). The van der Waals surface area contributed by atoms with E-state index in [0.717, 1.165) is 212 Å². The van der Waals surface area contributed by atoms with Gasteiger partial charge in [-0.15, -0.1) is 0 Å². The van der Waals surface area contributed by atoms with Crippen LogP contribution in [0.4, 0.5) is 0 Å². The van der Waals surface area contributed by atoms with Crippen LogP contribution < -0.4 is 0 Å². The van der Waals surface area contributed by atoms with Crippen LogP contribution in [0, 0.1) is 0 Å². The Kier molecular flexibility index (Phi) is 79.0. The standard InChI is InChI=1S/C91H158O17P2/c1-5-9-13-17-21-25-29-33-36-39-42-45-48-52-55-59-63-67-71-75-88(93)101-81-86(107-90(95)77-73-69-65-61-57-51-32-28-24-20-16-12-8-4)83-105-109(97,98)103-79-85(92)80-104-110(99,100)106-84-87(108-91(96)78-74-70-66-62-58-54-50-47-44-41-38-35-31-27-23-19-15-11-7-3)82-102-89(94)76-72-68-64-60-56-53-49-46-43-40-37-34-30-26-22-18-14-10-6-2/h21-23,25-28,32-38,42-47,85-87,92H,5-20,24,29-31,39-41,48-84H2,1-4H3,(H,97,98)(H,99,100)/b25-21-,26-22-,27-23-,32-28-,36-33-,37-34-,38-35-,45-42-,46-43-,47-44-. The minimum Gasteiger partial charge on any atom is -0.462 e. The predicted octanol–water partition coefficient (Wildman–Crippen LogP) is 26.2. The lowest BCUT2D eigenvalue weighted by atomic mass is 10.1. The van der Waals surface area contributed by atoms with Gasteiger partial charge in [0.2, 0.25) is 0 Å². The highest BCUT2D eigenvalue weighted by Crippen LogP contribution is 2.45. The third kappa shape index (κ3) is 81.5. The van der Waals surface area contributed by atoms with Gasteiger partial charge in [-0.25, -0.2) is 9.13 Å². The number of allylic oxidation sites excluding steroid dienone is 20. The lowest BCUT2D eigenvalue weighted by Gasteiger charge is -2.21. The van der Waals surface area contributed by atoms with Gasteiger partial charge < -0.3 is 33.8 Å². The molecule has 5 atom stereocenters. The van der Waals surface area contributed by atoms with Gasteiger partial charge in [0.25, 0.3) is 0 Å². The molecule has 0 aromatic carbocycles.